The lowest BCUT2D eigenvalue weighted by Crippen LogP contribution is -2.60. The van der Waals surface area contributed by atoms with E-state index >= 15 is 0 Å². The van der Waals surface area contributed by atoms with Gasteiger partial charge < -0.3 is 10.1 Å². The molecule has 1 aromatic rings. The van der Waals surface area contributed by atoms with Crippen molar-refractivity contribution < 1.29 is 4.74 Å². The maximum Gasteiger partial charge on any atom is 0.0615 e. The highest BCUT2D eigenvalue weighted by Crippen LogP contribution is 2.18. The molecule has 1 saturated heterocycles. The zero-order valence-electron chi connectivity index (χ0n) is 13.7. The monoisotopic (exact) mass is 290 g/mol. The van der Waals surface area contributed by atoms with Gasteiger partial charge in [-0.05, 0) is 25.3 Å². The lowest BCUT2D eigenvalue weighted by molar-refractivity contribution is 0.0379. The van der Waals surface area contributed by atoms with E-state index in [0.29, 0.717) is 18.1 Å². The first-order valence-electron chi connectivity index (χ1n) is 8.26. The molecule has 118 valence electrons. The molecule has 0 radical (unpaired) electrons. The van der Waals surface area contributed by atoms with Crippen molar-refractivity contribution in [2.75, 3.05) is 26.8 Å². The largest absolute Gasteiger partial charge is 0.383 e. The molecule has 1 N–H and O–H groups in total. The molecule has 1 fully saturated rings. The SMILES string of the molecule is CCCC1CNC(Cc2ccccc2)CN1C(C)COC. The minimum absolute atomic E-state index is 0.493. The van der Waals surface area contributed by atoms with Crippen LogP contribution in [0, 0.1) is 0 Å². The zero-order chi connectivity index (χ0) is 15.1. The Balaban J connectivity index is 1.97. The summed E-state index contributed by atoms with van der Waals surface area (Å²) >= 11 is 0. The second kappa shape index (κ2) is 8.52. The molecule has 2 rings (SSSR count). The van der Waals surface area contributed by atoms with E-state index in [1.165, 1.54) is 18.4 Å². The van der Waals surface area contributed by atoms with Crippen LogP contribution in [0.4, 0.5) is 0 Å². The standard InChI is InChI=1S/C18H30N2O/c1-4-8-18-12-19-17(11-16-9-6-5-7-10-16)13-20(18)15(2)14-21-3/h5-7,9-10,15,17-19H,4,8,11-14H2,1-3H3. The Labute approximate surface area is 129 Å². The van der Waals surface area contributed by atoms with Crippen molar-refractivity contribution in [2.24, 2.45) is 0 Å². The molecule has 1 heterocycles. The summed E-state index contributed by atoms with van der Waals surface area (Å²) in [6.07, 6.45) is 3.61. The van der Waals surface area contributed by atoms with Crippen LogP contribution in [0.2, 0.25) is 0 Å². The highest BCUT2D eigenvalue weighted by atomic mass is 16.5. The van der Waals surface area contributed by atoms with E-state index in [1.807, 2.05) is 0 Å². The second-order valence-corrected chi connectivity index (χ2v) is 6.24. The van der Waals surface area contributed by atoms with Crippen LogP contribution in [0.15, 0.2) is 30.3 Å². The van der Waals surface area contributed by atoms with Gasteiger partial charge in [-0.1, -0.05) is 43.7 Å². The fourth-order valence-corrected chi connectivity index (χ4v) is 3.40. The smallest absolute Gasteiger partial charge is 0.0615 e. The molecular weight excluding hydrogens is 260 g/mol. The highest BCUT2D eigenvalue weighted by molar-refractivity contribution is 5.16. The fourth-order valence-electron chi connectivity index (χ4n) is 3.40. The first-order chi connectivity index (χ1) is 10.2. The van der Waals surface area contributed by atoms with Gasteiger partial charge in [0.05, 0.1) is 6.61 Å². The van der Waals surface area contributed by atoms with E-state index in [2.05, 4.69) is 54.4 Å². The number of piperazine rings is 1. The van der Waals surface area contributed by atoms with Crippen molar-refractivity contribution in [1.29, 1.82) is 0 Å². The number of benzene rings is 1. The number of nitrogens with zero attached hydrogens (tertiary/aromatic N) is 1. The van der Waals surface area contributed by atoms with E-state index in [9.17, 15) is 0 Å². The van der Waals surface area contributed by atoms with Crippen LogP contribution in [0.25, 0.3) is 0 Å². The van der Waals surface area contributed by atoms with Gasteiger partial charge in [-0.25, -0.2) is 0 Å². The maximum absolute atomic E-state index is 5.37. The number of ether oxygens (including phenoxy) is 1. The minimum atomic E-state index is 0.493. The van der Waals surface area contributed by atoms with Crippen LogP contribution in [0.3, 0.4) is 0 Å². The van der Waals surface area contributed by atoms with Crippen LogP contribution in [-0.4, -0.2) is 49.8 Å². The molecule has 0 saturated carbocycles. The summed E-state index contributed by atoms with van der Waals surface area (Å²) in [6, 6.07) is 12.5. The number of hydrogen-bond acceptors (Lipinski definition) is 3. The predicted molar refractivity (Wildman–Crippen MR) is 88.7 cm³/mol. The fraction of sp³-hybridized carbons (Fsp3) is 0.667. The maximum atomic E-state index is 5.37. The topological polar surface area (TPSA) is 24.5 Å². The van der Waals surface area contributed by atoms with Crippen LogP contribution in [0.1, 0.15) is 32.3 Å². The summed E-state index contributed by atoms with van der Waals surface area (Å²) in [7, 11) is 1.80. The van der Waals surface area contributed by atoms with Crippen molar-refractivity contribution in [3.63, 3.8) is 0 Å². The van der Waals surface area contributed by atoms with Gasteiger partial charge in [0.25, 0.3) is 0 Å². The molecule has 0 spiro atoms. The molecule has 21 heavy (non-hydrogen) atoms. The van der Waals surface area contributed by atoms with E-state index in [1.54, 1.807) is 7.11 Å². The molecule has 3 atom stereocenters. The van der Waals surface area contributed by atoms with Gasteiger partial charge in [0.2, 0.25) is 0 Å². The lowest BCUT2D eigenvalue weighted by atomic mass is 9.98. The second-order valence-electron chi connectivity index (χ2n) is 6.24. The normalized spacial score (nSPS) is 24.9. The molecule has 1 aliphatic heterocycles. The van der Waals surface area contributed by atoms with Crippen molar-refractivity contribution >= 4 is 0 Å². The predicted octanol–water partition coefficient (Wildman–Crippen LogP) is 2.71. The molecule has 0 amide bonds. The molecule has 0 aliphatic carbocycles. The summed E-state index contributed by atoms with van der Waals surface area (Å²) in [5.41, 5.74) is 1.42. The van der Waals surface area contributed by atoms with Crippen LogP contribution < -0.4 is 5.32 Å². The number of rotatable bonds is 7. The third-order valence-corrected chi connectivity index (χ3v) is 4.46. The van der Waals surface area contributed by atoms with Gasteiger partial charge >= 0.3 is 0 Å². The number of hydrogen-bond donors (Lipinski definition) is 1. The number of nitrogens with one attached hydrogen (secondary N) is 1. The highest BCUT2D eigenvalue weighted by Gasteiger charge is 2.30. The van der Waals surface area contributed by atoms with Crippen molar-refractivity contribution in [1.82, 2.24) is 10.2 Å². The van der Waals surface area contributed by atoms with Gasteiger partial charge in [0.1, 0.15) is 0 Å². The molecule has 0 aromatic heterocycles. The van der Waals surface area contributed by atoms with Gasteiger partial charge in [-0.3, -0.25) is 4.90 Å². The Kier molecular flexibility index (Phi) is 6.68. The van der Waals surface area contributed by atoms with E-state index < -0.39 is 0 Å². The molecule has 3 unspecified atom stereocenters. The average Bonchev–Trinajstić information content (AvgIpc) is 2.50. The Morgan fingerprint density at radius 2 is 2.10 bits per heavy atom. The van der Waals surface area contributed by atoms with E-state index in [-0.39, 0.29) is 0 Å². The Hall–Kier alpha value is -0.900. The molecule has 3 heteroatoms. The molecule has 1 aromatic carbocycles. The van der Waals surface area contributed by atoms with Gasteiger partial charge in [0, 0.05) is 38.3 Å². The summed E-state index contributed by atoms with van der Waals surface area (Å²) < 4.78 is 5.37. The Morgan fingerprint density at radius 1 is 1.33 bits per heavy atom. The minimum Gasteiger partial charge on any atom is -0.383 e. The average molecular weight is 290 g/mol. The van der Waals surface area contributed by atoms with Crippen molar-refractivity contribution in [3.05, 3.63) is 35.9 Å². The number of methoxy groups -OCH3 is 1. The van der Waals surface area contributed by atoms with E-state index in [0.717, 1.165) is 26.1 Å². The molecule has 0 bridgehead atoms. The first kappa shape index (κ1) is 16.5. The summed E-state index contributed by atoms with van der Waals surface area (Å²) in [6.45, 7) is 7.59. The Bertz CT molecular complexity index is 395. The third kappa shape index (κ3) is 4.80. The Morgan fingerprint density at radius 3 is 2.76 bits per heavy atom. The quantitative estimate of drug-likeness (QED) is 0.835. The molecular formula is C18H30N2O. The van der Waals surface area contributed by atoms with Crippen molar-refractivity contribution in [2.45, 2.75) is 51.2 Å². The first-order valence-corrected chi connectivity index (χ1v) is 8.26. The summed E-state index contributed by atoms with van der Waals surface area (Å²) in [5.74, 6) is 0. The molecule has 1 aliphatic rings. The van der Waals surface area contributed by atoms with Crippen LogP contribution >= 0.6 is 0 Å². The summed E-state index contributed by atoms with van der Waals surface area (Å²) in [4.78, 5) is 2.65. The summed E-state index contributed by atoms with van der Waals surface area (Å²) in [5, 5.41) is 3.75. The lowest BCUT2D eigenvalue weighted by Gasteiger charge is -2.43. The van der Waals surface area contributed by atoms with Gasteiger partial charge in [0.15, 0.2) is 0 Å². The molecule has 3 nitrogen and oxygen atoms in total. The zero-order valence-corrected chi connectivity index (χ0v) is 13.7. The van der Waals surface area contributed by atoms with Crippen LogP contribution in [0.5, 0.6) is 0 Å². The van der Waals surface area contributed by atoms with Crippen molar-refractivity contribution in [3.8, 4) is 0 Å². The van der Waals surface area contributed by atoms with E-state index in [4.69, 9.17) is 4.74 Å². The van der Waals surface area contributed by atoms with Crippen LogP contribution in [-0.2, 0) is 11.2 Å². The third-order valence-electron chi connectivity index (χ3n) is 4.46. The van der Waals surface area contributed by atoms with Gasteiger partial charge in [-0.2, -0.15) is 0 Å². The van der Waals surface area contributed by atoms with Gasteiger partial charge in [-0.15, -0.1) is 0 Å².